The predicted molar refractivity (Wildman–Crippen MR) is 79.6 cm³/mol. The van der Waals surface area contributed by atoms with E-state index >= 15 is 0 Å². The number of aliphatic carboxylic acids is 1. The van der Waals surface area contributed by atoms with Gasteiger partial charge in [0.05, 0.1) is 16.0 Å². The Labute approximate surface area is 132 Å². The van der Waals surface area contributed by atoms with Crippen molar-refractivity contribution >= 4 is 35.1 Å². The summed E-state index contributed by atoms with van der Waals surface area (Å²) in [4.78, 5) is 22.9. The molecule has 0 aromatic heterocycles. The third-order valence-corrected chi connectivity index (χ3v) is 5.18. The molecular weight excluding hydrogens is 313 g/mol. The van der Waals surface area contributed by atoms with Crippen molar-refractivity contribution in [3.63, 3.8) is 0 Å². The highest BCUT2D eigenvalue weighted by Gasteiger charge is 2.46. The average molecular weight is 328 g/mol. The Kier molecular flexibility index (Phi) is 3.84. The number of nitrogens with one attached hydrogen (secondary N) is 1. The molecule has 2 unspecified atom stereocenters. The van der Waals surface area contributed by atoms with Gasteiger partial charge in [0, 0.05) is 12.0 Å². The number of carboxylic acid groups (broad SMARTS) is 1. The van der Waals surface area contributed by atoms with Gasteiger partial charge in [-0.3, -0.25) is 9.59 Å². The highest BCUT2D eigenvalue weighted by molar-refractivity contribution is 6.42. The molecule has 0 spiro atoms. The molecule has 0 aliphatic heterocycles. The molecule has 0 heterocycles. The predicted octanol–water partition coefficient (Wildman–Crippen LogP) is 3.08. The maximum Gasteiger partial charge on any atom is 0.306 e. The van der Waals surface area contributed by atoms with E-state index in [-0.39, 0.29) is 29.7 Å². The van der Waals surface area contributed by atoms with Gasteiger partial charge in [-0.1, -0.05) is 35.3 Å². The topological polar surface area (TPSA) is 66.4 Å². The van der Waals surface area contributed by atoms with Gasteiger partial charge >= 0.3 is 5.97 Å². The van der Waals surface area contributed by atoms with Crippen molar-refractivity contribution in [1.29, 1.82) is 0 Å². The van der Waals surface area contributed by atoms with Crippen molar-refractivity contribution in [2.45, 2.75) is 31.2 Å². The molecule has 1 aromatic rings. The standard InChI is InChI=1S/C15H15Cl2NO3/c16-12-3-1-2-9(13(12)17)10-6-11(10)14(19)18-8-4-7(5-8)15(20)21/h1-3,7-8,10-11H,4-6H2,(H,18,19)(H,20,21). The van der Waals surface area contributed by atoms with Crippen LogP contribution in [0.1, 0.15) is 30.7 Å². The van der Waals surface area contributed by atoms with Gasteiger partial charge in [-0.05, 0) is 36.8 Å². The maximum absolute atomic E-state index is 12.1. The summed E-state index contributed by atoms with van der Waals surface area (Å²) in [6, 6.07) is 5.45. The van der Waals surface area contributed by atoms with E-state index in [1.165, 1.54) is 0 Å². The molecule has 1 amide bonds. The number of hydrogen-bond donors (Lipinski definition) is 2. The van der Waals surface area contributed by atoms with Gasteiger partial charge in [0.25, 0.3) is 0 Å². The van der Waals surface area contributed by atoms with Crippen LogP contribution in [0.3, 0.4) is 0 Å². The smallest absolute Gasteiger partial charge is 0.306 e. The molecule has 2 fully saturated rings. The number of carboxylic acids is 1. The molecule has 0 bridgehead atoms. The second kappa shape index (κ2) is 5.50. The van der Waals surface area contributed by atoms with Gasteiger partial charge in [-0.15, -0.1) is 0 Å². The second-order valence-electron chi connectivity index (χ2n) is 5.80. The van der Waals surface area contributed by atoms with E-state index in [1.807, 2.05) is 12.1 Å². The molecule has 21 heavy (non-hydrogen) atoms. The van der Waals surface area contributed by atoms with Gasteiger partial charge in [0.15, 0.2) is 0 Å². The van der Waals surface area contributed by atoms with Crippen LogP contribution < -0.4 is 5.32 Å². The summed E-state index contributed by atoms with van der Waals surface area (Å²) in [5.74, 6) is -1.07. The van der Waals surface area contributed by atoms with Crippen LogP contribution in [-0.2, 0) is 9.59 Å². The normalized spacial score (nSPS) is 30.4. The maximum atomic E-state index is 12.1. The lowest BCUT2D eigenvalue weighted by Gasteiger charge is -2.32. The molecule has 2 aliphatic rings. The molecule has 2 atom stereocenters. The Balaban J connectivity index is 1.55. The quantitative estimate of drug-likeness (QED) is 0.893. The first-order valence-electron chi connectivity index (χ1n) is 6.94. The number of benzene rings is 1. The molecule has 2 saturated carbocycles. The number of amides is 1. The van der Waals surface area contributed by atoms with Gasteiger partial charge in [0.2, 0.25) is 5.91 Å². The summed E-state index contributed by atoms with van der Waals surface area (Å²) in [6.07, 6.45) is 1.81. The molecule has 6 heteroatoms. The number of carbonyl (C=O) groups excluding carboxylic acids is 1. The summed E-state index contributed by atoms with van der Waals surface area (Å²) in [6.45, 7) is 0. The van der Waals surface area contributed by atoms with E-state index in [0.717, 1.165) is 12.0 Å². The zero-order chi connectivity index (χ0) is 15.1. The van der Waals surface area contributed by atoms with Crippen LogP contribution in [0.25, 0.3) is 0 Å². The third kappa shape index (κ3) is 2.87. The van der Waals surface area contributed by atoms with Crippen LogP contribution in [0.5, 0.6) is 0 Å². The highest BCUT2D eigenvalue weighted by Crippen LogP contribution is 2.51. The summed E-state index contributed by atoms with van der Waals surface area (Å²) in [5, 5.41) is 12.8. The number of hydrogen-bond acceptors (Lipinski definition) is 2. The Morgan fingerprint density at radius 3 is 2.57 bits per heavy atom. The fourth-order valence-corrected chi connectivity index (χ4v) is 3.33. The van der Waals surface area contributed by atoms with Crippen LogP contribution >= 0.6 is 23.2 Å². The molecule has 3 rings (SSSR count). The van der Waals surface area contributed by atoms with Gasteiger partial charge in [-0.2, -0.15) is 0 Å². The lowest BCUT2D eigenvalue weighted by atomic mass is 9.80. The van der Waals surface area contributed by atoms with Crippen molar-refractivity contribution in [3.05, 3.63) is 33.8 Å². The van der Waals surface area contributed by atoms with E-state index in [9.17, 15) is 9.59 Å². The number of rotatable bonds is 4. The minimum absolute atomic E-state index is 0.00492. The van der Waals surface area contributed by atoms with Gasteiger partial charge < -0.3 is 10.4 Å². The molecule has 0 radical (unpaired) electrons. The van der Waals surface area contributed by atoms with E-state index in [1.54, 1.807) is 6.07 Å². The van der Waals surface area contributed by atoms with E-state index < -0.39 is 5.97 Å². The van der Waals surface area contributed by atoms with Crippen LogP contribution in [0, 0.1) is 11.8 Å². The second-order valence-corrected chi connectivity index (χ2v) is 6.59. The molecule has 1 aromatic carbocycles. The van der Waals surface area contributed by atoms with Crippen molar-refractivity contribution in [3.8, 4) is 0 Å². The lowest BCUT2D eigenvalue weighted by Crippen LogP contribution is -2.47. The van der Waals surface area contributed by atoms with Crippen molar-refractivity contribution < 1.29 is 14.7 Å². The van der Waals surface area contributed by atoms with Crippen molar-refractivity contribution in [2.75, 3.05) is 0 Å². The average Bonchev–Trinajstić information content (AvgIpc) is 3.16. The third-order valence-electron chi connectivity index (χ3n) is 4.34. The van der Waals surface area contributed by atoms with Gasteiger partial charge in [0.1, 0.15) is 0 Å². The fraction of sp³-hybridized carbons (Fsp3) is 0.467. The summed E-state index contributed by atoms with van der Waals surface area (Å²) in [5.41, 5.74) is 0.918. The SMILES string of the molecule is O=C(O)C1CC(NC(=O)C2CC2c2cccc(Cl)c2Cl)C1. The Morgan fingerprint density at radius 1 is 1.19 bits per heavy atom. The summed E-state index contributed by atoms with van der Waals surface area (Å²) >= 11 is 12.2. The minimum atomic E-state index is -0.782. The largest absolute Gasteiger partial charge is 0.481 e. The Morgan fingerprint density at radius 2 is 1.90 bits per heavy atom. The van der Waals surface area contributed by atoms with Crippen molar-refractivity contribution in [1.82, 2.24) is 5.32 Å². The van der Waals surface area contributed by atoms with Crippen LogP contribution in [-0.4, -0.2) is 23.0 Å². The van der Waals surface area contributed by atoms with E-state index in [4.69, 9.17) is 28.3 Å². The minimum Gasteiger partial charge on any atom is -0.481 e. The summed E-state index contributed by atoms with van der Waals surface area (Å²) < 4.78 is 0. The van der Waals surface area contributed by atoms with E-state index in [2.05, 4.69) is 5.32 Å². The van der Waals surface area contributed by atoms with E-state index in [0.29, 0.717) is 22.9 Å². The monoisotopic (exact) mass is 327 g/mol. The molecule has 2 N–H and O–H groups in total. The van der Waals surface area contributed by atoms with Gasteiger partial charge in [-0.25, -0.2) is 0 Å². The molecule has 112 valence electrons. The first-order chi connectivity index (χ1) is 9.97. The first-order valence-corrected chi connectivity index (χ1v) is 7.70. The zero-order valence-electron chi connectivity index (χ0n) is 11.2. The van der Waals surface area contributed by atoms with Crippen LogP contribution in [0.2, 0.25) is 10.0 Å². The lowest BCUT2D eigenvalue weighted by molar-refractivity contribution is -0.146. The molecule has 4 nitrogen and oxygen atoms in total. The number of halogens is 2. The Bertz CT molecular complexity index is 599. The molecule has 2 aliphatic carbocycles. The summed E-state index contributed by atoms with van der Waals surface area (Å²) in [7, 11) is 0. The number of carbonyl (C=O) groups is 2. The highest BCUT2D eigenvalue weighted by atomic mass is 35.5. The fourth-order valence-electron chi connectivity index (χ4n) is 2.88. The zero-order valence-corrected chi connectivity index (χ0v) is 12.7. The van der Waals surface area contributed by atoms with Crippen LogP contribution in [0.15, 0.2) is 18.2 Å². The van der Waals surface area contributed by atoms with Crippen molar-refractivity contribution in [2.24, 2.45) is 11.8 Å². The molecular formula is C15H15Cl2NO3. The molecule has 0 saturated heterocycles. The van der Waals surface area contributed by atoms with Crippen LogP contribution in [0.4, 0.5) is 0 Å². The Hall–Kier alpha value is -1.26. The first kappa shape index (κ1) is 14.7.